The Bertz CT molecular complexity index is 766. The lowest BCUT2D eigenvalue weighted by atomic mass is 10.1. The fraction of sp³-hybridized carbons (Fsp3) is 0.500. The van der Waals surface area contributed by atoms with Gasteiger partial charge in [0.1, 0.15) is 5.75 Å². The highest BCUT2D eigenvalue weighted by Crippen LogP contribution is 2.30. The Hall–Kier alpha value is -2.07. The highest BCUT2D eigenvalue weighted by molar-refractivity contribution is 5.89. The Kier molecular flexibility index (Phi) is 5.11. The Balaban J connectivity index is 1.39. The van der Waals surface area contributed by atoms with Crippen LogP contribution in [0.2, 0.25) is 0 Å². The summed E-state index contributed by atoms with van der Waals surface area (Å²) in [5, 5.41) is 2.19. The highest BCUT2D eigenvalue weighted by atomic mass is 16.5. The molecule has 1 aliphatic heterocycles. The van der Waals surface area contributed by atoms with E-state index in [1.165, 1.54) is 19.4 Å². The van der Waals surface area contributed by atoms with Crippen molar-refractivity contribution in [1.82, 2.24) is 9.80 Å². The van der Waals surface area contributed by atoms with Gasteiger partial charge in [-0.25, -0.2) is 0 Å². The molecule has 4 nitrogen and oxygen atoms in total. The molecule has 138 valence electrons. The van der Waals surface area contributed by atoms with Crippen LogP contribution in [0.1, 0.15) is 26.2 Å². The van der Waals surface area contributed by atoms with Crippen LogP contribution in [0.5, 0.6) is 5.75 Å². The van der Waals surface area contributed by atoms with E-state index in [9.17, 15) is 4.79 Å². The van der Waals surface area contributed by atoms with Crippen LogP contribution in [0.15, 0.2) is 42.5 Å². The smallest absolute Gasteiger partial charge is 0.263 e. The molecule has 1 saturated heterocycles. The second kappa shape index (κ2) is 7.67. The molecule has 2 aromatic carbocycles. The van der Waals surface area contributed by atoms with Gasteiger partial charge in [0.2, 0.25) is 0 Å². The first-order valence-electron chi connectivity index (χ1n) is 9.86. The molecule has 0 radical (unpaired) electrons. The summed E-state index contributed by atoms with van der Waals surface area (Å²) >= 11 is 0. The standard InChI is InChI=1S/C22H28N2O2/c1-17(26-21-9-4-7-19-6-2-3-8-20(19)21)22(25)24-13-5-12-23(14-15-24)16-18-10-11-18/h2-4,6-9,17-18H,5,10-16H2,1H3. The van der Waals surface area contributed by atoms with Gasteiger partial charge in [0.15, 0.2) is 6.10 Å². The van der Waals surface area contributed by atoms with E-state index in [0.29, 0.717) is 0 Å². The minimum absolute atomic E-state index is 0.103. The molecule has 4 rings (SSSR count). The lowest BCUT2D eigenvalue weighted by Crippen LogP contribution is -2.42. The van der Waals surface area contributed by atoms with Gasteiger partial charge in [0.25, 0.3) is 5.91 Å². The topological polar surface area (TPSA) is 32.8 Å². The van der Waals surface area contributed by atoms with Crippen molar-refractivity contribution in [3.05, 3.63) is 42.5 Å². The zero-order valence-electron chi connectivity index (χ0n) is 15.6. The molecule has 2 aliphatic rings. The van der Waals surface area contributed by atoms with E-state index in [-0.39, 0.29) is 5.91 Å². The molecular weight excluding hydrogens is 324 g/mol. The van der Waals surface area contributed by atoms with Crippen molar-refractivity contribution in [2.45, 2.75) is 32.3 Å². The van der Waals surface area contributed by atoms with Gasteiger partial charge in [-0.15, -0.1) is 0 Å². The van der Waals surface area contributed by atoms with Crippen LogP contribution < -0.4 is 4.74 Å². The van der Waals surface area contributed by atoms with Gasteiger partial charge >= 0.3 is 0 Å². The van der Waals surface area contributed by atoms with Crippen molar-refractivity contribution in [3.8, 4) is 5.75 Å². The van der Waals surface area contributed by atoms with Crippen LogP contribution in [-0.2, 0) is 4.79 Å². The van der Waals surface area contributed by atoms with Gasteiger partial charge in [-0.05, 0) is 50.1 Å². The third kappa shape index (κ3) is 4.01. The first-order chi connectivity index (χ1) is 12.7. The normalized spacial score (nSPS) is 20.0. The van der Waals surface area contributed by atoms with E-state index in [0.717, 1.165) is 55.0 Å². The van der Waals surface area contributed by atoms with Crippen LogP contribution in [0, 0.1) is 5.92 Å². The van der Waals surface area contributed by atoms with Crippen molar-refractivity contribution in [1.29, 1.82) is 0 Å². The van der Waals surface area contributed by atoms with Crippen LogP contribution in [0.3, 0.4) is 0 Å². The van der Waals surface area contributed by atoms with E-state index in [2.05, 4.69) is 17.0 Å². The monoisotopic (exact) mass is 352 g/mol. The zero-order chi connectivity index (χ0) is 17.9. The number of benzene rings is 2. The number of amides is 1. The van der Waals surface area contributed by atoms with Gasteiger partial charge in [-0.2, -0.15) is 0 Å². The SMILES string of the molecule is CC(Oc1cccc2ccccc12)C(=O)N1CCCN(CC2CC2)CC1. The van der Waals surface area contributed by atoms with Gasteiger partial charge in [0, 0.05) is 31.6 Å². The largest absolute Gasteiger partial charge is 0.480 e. The molecule has 2 aromatic rings. The fourth-order valence-corrected chi connectivity index (χ4v) is 3.84. The Morgan fingerprint density at radius 1 is 1.08 bits per heavy atom. The van der Waals surface area contributed by atoms with Crippen molar-refractivity contribution in [2.24, 2.45) is 5.92 Å². The molecule has 4 heteroatoms. The van der Waals surface area contributed by atoms with Crippen LogP contribution in [0.25, 0.3) is 10.8 Å². The molecule has 1 aliphatic carbocycles. The number of nitrogens with zero attached hydrogens (tertiary/aromatic N) is 2. The van der Waals surface area contributed by atoms with Gasteiger partial charge in [0.05, 0.1) is 0 Å². The number of carbonyl (C=O) groups excluding carboxylic acids is 1. The number of rotatable bonds is 5. The highest BCUT2D eigenvalue weighted by Gasteiger charge is 2.28. The molecule has 0 N–H and O–H groups in total. The van der Waals surface area contributed by atoms with E-state index < -0.39 is 6.10 Å². The second-order valence-electron chi connectivity index (χ2n) is 7.66. The molecular formula is C22H28N2O2. The van der Waals surface area contributed by atoms with Crippen LogP contribution >= 0.6 is 0 Å². The first kappa shape index (κ1) is 17.3. The minimum atomic E-state index is -0.462. The average molecular weight is 352 g/mol. The maximum absolute atomic E-state index is 12.9. The molecule has 1 unspecified atom stereocenters. The third-order valence-corrected chi connectivity index (χ3v) is 5.51. The van der Waals surface area contributed by atoms with Crippen molar-refractivity contribution in [2.75, 3.05) is 32.7 Å². The molecule has 2 fully saturated rings. The summed E-state index contributed by atoms with van der Waals surface area (Å²) in [5.74, 6) is 1.80. The summed E-state index contributed by atoms with van der Waals surface area (Å²) in [4.78, 5) is 17.4. The Labute approximate surface area is 155 Å². The summed E-state index contributed by atoms with van der Waals surface area (Å²) in [6.45, 7) is 6.83. The third-order valence-electron chi connectivity index (χ3n) is 5.51. The quantitative estimate of drug-likeness (QED) is 0.825. The molecule has 1 atom stereocenters. The number of hydrogen-bond acceptors (Lipinski definition) is 3. The molecule has 0 aromatic heterocycles. The molecule has 0 bridgehead atoms. The van der Waals surface area contributed by atoms with E-state index >= 15 is 0 Å². The number of ether oxygens (including phenoxy) is 1. The van der Waals surface area contributed by atoms with Gasteiger partial charge in [-0.1, -0.05) is 36.4 Å². The molecule has 1 saturated carbocycles. The minimum Gasteiger partial charge on any atom is -0.480 e. The van der Waals surface area contributed by atoms with Gasteiger partial charge in [-0.3, -0.25) is 4.79 Å². The predicted molar refractivity (Wildman–Crippen MR) is 104 cm³/mol. The van der Waals surface area contributed by atoms with Crippen molar-refractivity contribution in [3.63, 3.8) is 0 Å². The summed E-state index contributed by atoms with van der Waals surface area (Å²) in [5.41, 5.74) is 0. The number of hydrogen-bond donors (Lipinski definition) is 0. The van der Waals surface area contributed by atoms with Crippen molar-refractivity contribution >= 4 is 16.7 Å². The van der Waals surface area contributed by atoms with E-state index in [4.69, 9.17) is 4.74 Å². The summed E-state index contributed by atoms with van der Waals surface area (Å²) in [7, 11) is 0. The summed E-state index contributed by atoms with van der Waals surface area (Å²) < 4.78 is 6.08. The lowest BCUT2D eigenvalue weighted by Gasteiger charge is -2.25. The summed E-state index contributed by atoms with van der Waals surface area (Å²) in [6, 6.07) is 14.1. The number of carbonyl (C=O) groups is 1. The van der Waals surface area contributed by atoms with Gasteiger partial charge < -0.3 is 14.5 Å². The maximum Gasteiger partial charge on any atom is 0.263 e. The summed E-state index contributed by atoms with van der Waals surface area (Å²) in [6.07, 6.45) is 3.36. The van der Waals surface area contributed by atoms with Crippen molar-refractivity contribution < 1.29 is 9.53 Å². The Morgan fingerprint density at radius 3 is 2.73 bits per heavy atom. The predicted octanol–water partition coefficient (Wildman–Crippen LogP) is 3.55. The van der Waals surface area contributed by atoms with Crippen LogP contribution in [-0.4, -0.2) is 54.5 Å². The second-order valence-corrected chi connectivity index (χ2v) is 7.66. The lowest BCUT2D eigenvalue weighted by molar-refractivity contribution is -0.137. The molecule has 1 heterocycles. The van der Waals surface area contributed by atoms with E-state index in [1.807, 2.05) is 42.2 Å². The number of fused-ring (bicyclic) bond motifs is 1. The fourth-order valence-electron chi connectivity index (χ4n) is 3.84. The van der Waals surface area contributed by atoms with Crippen LogP contribution in [0.4, 0.5) is 0 Å². The molecule has 1 amide bonds. The van der Waals surface area contributed by atoms with E-state index in [1.54, 1.807) is 0 Å². The Morgan fingerprint density at radius 2 is 1.88 bits per heavy atom. The molecule has 0 spiro atoms. The zero-order valence-corrected chi connectivity index (χ0v) is 15.6. The maximum atomic E-state index is 12.9. The molecule has 26 heavy (non-hydrogen) atoms. The first-order valence-corrected chi connectivity index (χ1v) is 9.86. The average Bonchev–Trinajstić information content (AvgIpc) is 3.49.